The standard InChI is InChI=1S/C36H39Cl2N3O6S/c1-36(2,3)39-35(43)31(21-25-13-8-6-9-14-25)40(23-28-29(37)17-12-18-30(28)38)34(42)24-41(48(44,45)27-15-10-7-11-16-27)26-19-20-32(46-4)33(22-26)47-5/h6-20,22,31H,21,23-24H2,1-5H3,(H,39,43)/t31-/m0/s1. The van der Waals surface area contributed by atoms with Crippen LogP contribution >= 0.6 is 23.2 Å². The number of halogens is 2. The fraction of sp³-hybridized carbons (Fsp3) is 0.278. The van der Waals surface area contributed by atoms with E-state index in [1.165, 1.54) is 43.4 Å². The molecule has 0 aliphatic heterocycles. The Morgan fingerprint density at radius 2 is 1.40 bits per heavy atom. The summed E-state index contributed by atoms with van der Waals surface area (Å²) in [6.45, 7) is 4.69. The molecule has 0 bridgehead atoms. The molecule has 2 amide bonds. The second-order valence-electron chi connectivity index (χ2n) is 12.0. The van der Waals surface area contributed by atoms with E-state index in [1.807, 2.05) is 51.1 Å². The van der Waals surface area contributed by atoms with E-state index in [2.05, 4.69) is 5.32 Å². The van der Waals surface area contributed by atoms with Crippen LogP contribution in [0, 0.1) is 0 Å². The zero-order chi connectivity index (χ0) is 35.1. The first-order valence-electron chi connectivity index (χ1n) is 15.1. The highest BCUT2D eigenvalue weighted by atomic mass is 35.5. The Labute approximate surface area is 292 Å². The summed E-state index contributed by atoms with van der Waals surface area (Å²) in [7, 11) is -1.42. The van der Waals surface area contributed by atoms with Crippen molar-refractivity contribution in [3.63, 3.8) is 0 Å². The van der Waals surface area contributed by atoms with Crippen molar-refractivity contribution in [1.82, 2.24) is 10.2 Å². The van der Waals surface area contributed by atoms with Crippen LogP contribution in [0.4, 0.5) is 5.69 Å². The van der Waals surface area contributed by atoms with Crippen molar-refractivity contribution in [2.45, 2.75) is 50.2 Å². The van der Waals surface area contributed by atoms with Gasteiger partial charge < -0.3 is 19.7 Å². The van der Waals surface area contributed by atoms with Crippen LogP contribution in [0.5, 0.6) is 11.5 Å². The molecule has 48 heavy (non-hydrogen) atoms. The Morgan fingerprint density at radius 1 is 0.812 bits per heavy atom. The largest absolute Gasteiger partial charge is 0.493 e. The molecule has 0 saturated carbocycles. The van der Waals surface area contributed by atoms with Gasteiger partial charge in [0.05, 0.1) is 24.8 Å². The SMILES string of the molecule is COc1ccc(N(CC(=O)N(Cc2c(Cl)cccc2Cl)[C@@H](Cc2ccccc2)C(=O)NC(C)(C)C)S(=O)(=O)c2ccccc2)cc1OC. The van der Waals surface area contributed by atoms with Crippen LogP contribution in [-0.2, 0) is 32.6 Å². The van der Waals surface area contributed by atoms with Gasteiger partial charge in [-0.2, -0.15) is 0 Å². The van der Waals surface area contributed by atoms with E-state index in [-0.39, 0.29) is 29.3 Å². The van der Waals surface area contributed by atoms with Crippen LogP contribution in [0.3, 0.4) is 0 Å². The third-order valence-corrected chi connectivity index (χ3v) is 9.92. The number of sulfonamides is 1. The lowest BCUT2D eigenvalue weighted by Gasteiger charge is -2.35. The molecule has 254 valence electrons. The van der Waals surface area contributed by atoms with Crippen LogP contribution in [0.1, 0.15) is 31.9 Å². The average Bonchev–Trinajstić information content (AvgIpc) is 3.06. The monoisotopic (exact) mass is 711 g/mol. The quantitative estimate of drug-likeness (QED) is 0.164. The van der Waals surface area contributed by atoms with E-state index in [1.54, 1.807) is 42.5 Å². The molecule has 0 radical (unpaired) electrons. The Kier molecular flexibility index (Phi) is 12.0. The van der Waals surface area contributed by atoms with Gasteiger partial charge in [-0.1, -0.05) is 77.8 Å². The lowest BCUT2D eigenvalue weighted by atomic mass is 10.0. The zero-order valence-electron chi connectivity index (χ0n) is 27.4. The molecule has 0 aliphatic carbocycles. The maximum Gasteiger partial charge on any atom is 0.264 e. The summed E-state index contributed by atoms with van der Waals surface area (Å²) in [6.07, 6.45) is 0.137. The van der Waals surface area contributed by atoms with Crippen molar-refractivity contribution < 1.29 is 27.5 Å². The minimum atomic E-state index is -4.31. The Balaban J connectivity index is 1.88. The Morgan fingerprint density at radius 3 is 1.96 bits per heavy atom. The van der Waals surface area contributed by atoms with Crippen LogP contribution in [0.2, 0.25) is 10.0 Å². The number of rotatable bonds is 13. The number of carbonyl (C=O) groups excluding carboxylic acids is 2. The Hall–Kier alpha value is -4.25. The van der Waals surface area contributed by atoms with E-state index in [4.69, 9.17) is 32.7 Å². The van der Waals surface area contributed by atoms with Crippen LogP contribution in [0.25, 0.3) is 0 Å². The number of methoxy groups -OCH3 is 2. The predicted octanol–water partition coefficient (Wildman–Crippen LogP) is 6.76. The minimum absolute atomic E-state index is 0.0282. The van der Waals surface area contributed by atoms with Gasteiger partial charge in [-0.25, -0.2) is 8.42 Å². The number of amides is 2. The highest BCUT2D eigenvalue weighted by Gasteiger charge is 2.36. The molecule has 0 aromatic heterocycles. The molecule has 0 aliphatic rings. The van der Waals surface area contributed by atoms with Crippen molar-refractivity contribution in [2.24, 2.45) is 0 Å². The van der Waals surface area contributed by atoms with E-state index in [0.717, 1.165) is 9.87 Å². The molecular formula is C36H39Cl2N3O6S. The molecule has 0 spiro atoms. The molecule has 0 heterocycles. The molecule has 1 atom stereocenters. The third-order valence-electron chi connectivity index (χ3n) is 7.42. The summed E-state index contributed by atoms with van der Waals surface area (Å²) < 4.78 is 40.3. The van der Waals surface area contributed by atoms with E-state index >= 15 is 0 Å². The fourth-order valence-electron chi connectivity index (χ4n) is 5.09. The van der Waals surface area contributed by atoms with E-state index < -0.39 is 40.0 Å². The summed E-state index contributed by atoms with van der Waals surface area (Å²) in [4.78, 5) is 30.1. The van der Waals surface area contributed by atoms with Crippen LogP contribution in [0.15, 0.2) is 102 Å². The summed E-state index contributed by atoms with van der Waals surface area (Å²) in [5, 5.41) is 3.59. The van der Waals surface area contributed by atoms with Crippen molar-refractivity contribution in [2.75, 3.05) is 25.1 Å². The molecular weight excluding hydrogens is 673 g/mol. The van der Waals surface area contributed by atoms with Gasteiger partial charge in [0.25, 0.3) is 10.0 Å². The number of anilines is 1. The number of nitrogens with zero attached hydrogens (tertiary/aromatic N) is 2. The molecule has 1 N–H and O–H groups in total. The van der Waals surface area contributed by atoms with Crippen molar-refractivity contribution in [3.8, 4) is 11.5 Å². The maximum atomic E-state index is 14.7. The highest BCUT2D eigenvalue weighted by Crippen LogP contribution is 2.34. The number of carbonyl (C=O) groups is 2. The highest BCUT2D eigenvalue weighted by molar-refractivity contribution is 7.92. The third kappa shape index (κ3) is 9.00. The molecule has 0 fully saturated rings. The summed E-state index contributed by atoms with van der Waals surface area (Å²) in [5.41, 5.74) is 0.729. The van der Waals surface area contributed by atoms with Crippen molar-refractivity contribution in [1.29, 1.82) is 0 Å². The summed E-state index contributed by atoms with van der Waals surface area (Å²) >= 11 is 13.2. The van der Waals surface area contributed by atoms with E-state index in [0.29, 0.717) is 21.4 Å². The first-order chi connectivity index (χ1) is 22.7. The lowest BCUT2D eigenvalue weighted by Crippen LogP contribution is -2.56. The Bertz CT molecular complexity index is 1810. The van der Waals surface area contributed by atoms with Crippen LogP contribution in [-0.4, -0.2) is 57.5 Å². The molecule has 4 rings (SSSR count). The molecule has 12 heteroatoms. The molecule has 9 nitrogen and oxygen atoms in total. The average molecular weight is 713 g/mol. The van der Waals surface area contributed by atoms with Gasteiger partial charge in [0.15, 0.2) is 11.5 Å². The molecule has 4 aromatic carbocycles. The second kappa shape index (κ2) is 15.8. The van der Waals surface area contributed by atoms with Gasteiger partial charge in [-0.3, -0.25) is 13.9 Å². The molecule has 0 saturated heterocycles. The maximum absolute atomic E-state index is 14.7. The minimum Gasteiger partial charge on any atom is -0.493 e. The summed E-state index contributed by atoms with van der Waals surface area (Å²) in [5.74, 6) is -0.444. The van der Waals surface area contributed by atoms with Gasteiger partial charge in [-0.05, 0) is 62.7 Å². The van der Waals surface area contributed by atoms with E-state index in [9.17, 15) is 18.0 Å². The lowest BCUT2D eigenvalue weighted by molar-refractivity contribution is -0.140. The van der Waals surface area contributed by atoms with Crippen molar-refractivity contribution >= 4 is 50.7 Å². The van der Waals surface area contributed by atoms with Gasteiger partial charge in [0, 0.05) is 40.2 Å². The smallest absolute Gasteiger partial charge is 0.264 e. The number of nitrogens with one attached hydrogen (secondary N) is 1. The van der Waals surface area contributed by atoms with Crippen LogP contribution < -0.4 is 19.1 Å². The van der Waals surface area contributed by atoms with Gasteiger partial charge >= 0.3 is 0 Å². The zero-order valence-corrected chi connectivity index (χ0v) is 29.8. The topological polar surface area (TPSA) is 105 Å². The van der Waals surface area contributed by atoms with Gasteiger partial charge in [0.2, 0.25) is 11.8 Å². The van der Waals surface area contributed by atoms with Gasteiger partial charge in [-0.15, -0.1) is 0 Å². The molecule has 4 aromatic rings. The second-order valence-corrected chi connectivity index (χ2v) is 14.7. The summed E-state index contributed by atoms with van der Waals surface area (Å²) in [6, 6.07) is 25.5. The first kappa shape index (κ1) is 36.6. The number of ether oxygens (including phenoxy) is 2. The first-order valence-corrected chi connectivity index (χ1v) is 17.3. The fourth-order valence-corrected chi connectivity index (χ4v) is 7.03. The number of hydrogen-bond donors (Lipinski definition) is 1. The van der Waals surface area contributed by atoms with Crippen molar-refractivity contribution in [3.05, 3.63) is 118 Å². The number of benzene rings is 4. The predicted molar refractivity (Wildman–Crippen MR) is 189 cm³/mol. The number of hydrogen-bond acceptors (Lipinski definition) is 6. The normalized spacial score (nSPS) is 12.1. The molecule has 0 unspecified atom stereocenters. The van der Waals surface area contributed by atoms with Gasteiger partial charge in [0.1, 0.15) is 12.6 Å².